The third-order valence-corrected chi connectivity index (χ3v) is 2.95. The number of carbonyl (C=O) groups excluding carboxylic acids is 2. The number of nitrogens with zero attached hydrogens (tertiary/aromatic N) is 1. The monoisotopic (exact) mass is 304 g/mol. The van der Waals surface area contributed by atoms with Gasteiger partial charge in [0.15, 0.2) is 5.78 Å². The number of halogens is 2. The molecule has 0 spiro atoms. The average molecular weight is 304 g/mol. The zero-order chi connectivity index (χ0) is 16.4. The minimum absolute atomic E-state index is 0.0394. The van der Waals surface area contributed by atoms with Gasteiger partial charge in [0.1, 0.15) is 29.0 Å². The predicted octanol–water partition coefficient (Wildman–Crippen LogP) is 3.19. The lowest BCUT2D eigenvalue weighted by Crippen LogP contribution is -2.14. The number of carbonyl (C=O) groups is 2. The van der Waals surface area contributed by atoms with Crippen molar-refractivity contribution in [2.24, 2.45) is 0 Å². The van der Waals surface area contributed by atoms with E-state index in [4.69, 9.17) is 9.68 Å². The number of Topliss-reactive ketones (excluding diaryl/α,β-unsaturated/α-hetero) is 1. The van der Waals surface area contributed by atoms with E-state index in [1.165, 1.54) is 13.8 Å². The number of benzene rings is 1. The molecular formula is C15H10F2N2O3. The summed E-state index contributed by atoms with van der Waals surface area (Å²) in [6.45, 7) is 2.70. The Morgan fingerprint density at radius 2 is 2.00 bits per heavy atom. The van der Waals surface area contributed by atoms with Crippen LogP contribution in [0.1, 0.15) is 39.0 Å². The third-order valence-electron chi connectivity index (χ3n) is 2.95. The summed E-state index contributed by atoms with van der Waals surface area (Å²) in [6, 6.07) is 4.15. The zero-order valence-electron chi connectivity index (χ0n) is 11.7. The third kappa shape index (κ3) is 2.72. The summed E-state index contributed by atoms with van der Waals surface area (Å²) in [6.07, 6.45) is 0. The number of rotatable bonds is 3. The van der Waals surface area contributed by atoms with Crippen LogP contribution in [0, 0.1) is 29.9 Å². The average Bonchev–Trinajstić information content (AvgIpc) is 2.76. The summed E-state index contributed by atoms with van der Waals surface area (Å²) in [4.78, 5) is 23.5. The molecule has 0 bridgehead atoms. The molecule has 112 valence electrons. The maximum atomic E-state index is 13.5. The predicted molar refractivity (Wildman–Crippen MR) is 72.5 cm³/mol. The number of furan rings is 1. The lowest BCUT2D eigenvalue weighted by molar-refractivity contribution is 0.100. The Hall–Kier alpha value is -3.01. The van der Waals surface area contributed by atoms with Gasteiger partial charge in [-0.15, -0.1) is 0 Å². The van der Waals surface area contributed by atoms with Crippen molar-refractivity contribution in [3.8, 4) is 6.07 Å². The van der Waals surface area contributed by atoms with Crippen LogP contribution in [0.3, 0.4) is 0 Å². The minimum Gasteiger partial charge on any atom is -0.443 e. The van der Waals surface area contributed by atoms with Crippen LogP contribution in [0.15, 0.2) is 22.6 Å². The van der Waals surface area contributed by atoms with Gasteiger partial charge in [-0.05, 0) is 32.0 Å². The van der Waals surface area contributed by atoms with E-state index in [-0.39, 0.29) is 22.8 Å². The first kappa shape index (κ1) is 15.4. The SMILES string of the molecule is CC(=O)c1c(C)oc(NC(=O)c2cc(F)ccc2F)c1C#N. The molecule has 1 amide bonds. The Morgan fingerprint density at radius 1 is 1.32 bits per heavy atom. The summed E-state index contributed by atoms with van der Waals surface area (Å²) in [5.41, 5.74) is -0.657. The van der Waals surface area contributed by atoms with Crippen molar-refractivity contribution < 1.29 is 22.8 Å². The highest BCUT2D eigenvalue weighted by molar-refractivity contribution is 6.06. The fourth-order valence-corrected chi connectivity index (χ4v) is 2.01. The molecule has 0 atom stereocenters. The van der Waals surface area contributed by atoms with Gasteiger partial charge >= 0.3 is 0 Å². The Labute approximate surface area is 124 Å². The maximum absolute atomic E-state index is 13.5. The standard InChI is InChI=1S/C15H10F2N2O3/c1-7(20)13-8(2)22-15(11(13)6-18)19-14(21)10-5-9(16)3-4-12(10)17/h3-5H,1-2H3,(H,19,21). The van der Waals surface area contributed by atoms with E-state index in [0.717, 1.165) is 18.2 Å². The normalized spacial score (nSPS) is 10.1. The summed E-state index contributed by atoms with van der Waals surface area (Å²) >= 11 is 0. The zero-order valence-corrected chi connectivity index (χ0v) is 11.7. The molecule has 1 N–H and O–H groups in total. The smallest absolute Gasteiger partial charge is 0.261 e. The van der Waals surface area contributed by atoms with Crippen LogP contribution in [0.4, 0.5) is 14.7 Å². The first-order valence-electron chi connectivity index (χ1n) is 6.16. The van der Waals surface area contributed by atoms with Gasteiger partial charge in [0.25, 0.3) is 5.91 Å². The van der Waals surface area contributed by atoms with E-state index < -0.39 is 28.9 Å². The van der Waals surface area contributed by atoms with E-state index >= 15 is 0 Å². The van der Waals surface area contributed by atoms with Gasteiger partial charge in [0, 0.05) is 0 Å². The molecule has 0 unspecified atom stereocenters. The van der Waals surface area contributed by atoms with Crippen molar-refractivity contribution in [3.63, 3.8) is 0 Å². The van der Waals surface area contributed by atoms with Crippen LogP contribution < -0.4 is 5.32 Å². The van der Waals surface area contributed by atoms with Crippen LogP contribution in [-0.4, -0.2) is 11.7 Å². The van der Waals surface area contributed by atoms with Crippen LogP contribution >= 0.6 is 0 Å². The highest BCUT2D eigenvalue weighted by atomic mass is 19.1. The molecule has 2 rings (SSSR count). The quantitative estimate of drug-likeness (QED) is 0.883. The number of hydrogen-bond acceptors (Lipinski definition) is 4. The summed E-state index contributed by atoms with van der Waals surface area (Å²) in [7, 11) is 0. The molecule has 0 saturated carbocycles. The van der Waals surface area contributed by atoms with Gasteiger partial charge in [-0.3, -0.25) is 14.9 Å². The van der Waals surface area contributed by atoms with Crippen LogP contribution in [0.5, 0.6) is 0 Å². The number of hydrogen-bond donors (Lipinski definition) is 1. The molecule has 7 heteroatoms. The highest BCUT2D eigenvalue weighted by Crippen LogP contribution is 2.27. The Kier molecular flexibility index (Phi) is 4.04. The Morgan fingerprint density at radius 3 is 2.59 bits per heavy atom. The van der Waals surface area contributed by atoms with Crippen LogP contribution in [0.25, 0.3) is 0 Å². The fraction of sp³-hybridized carbons (Fsp3) is 0.133. The molecule has 0 aliphatic carbocycles. The van der Waals surface area contributed by atoms with Gasteiger partial charge < -0.3 is 4.42 Å². The van der Waals surface area contributed by atoms with Crippen molar-refractivity contribution in [1.29, 1.82) is 5.26 Å². The number of aryl methyl sites for hydroxylation is 1. The van der Waals surface area contributed by atoms with Crippen molar-refractivity contribution in [2.45, 2.75) is 13.8 Å². The van der Waals surface area contributed by atoms with E-state index in [0.29, 0.717) is 0 Å². The lowest BCUT2D eigenvalue weighted by Gasteiger charge is -2.04. The van der Waals surface area contributed by atoms with Crippen molar-refractivity contribution in [1.82, 2.24) is 0 Å². The van der Waals surface area contributed by atoms with E-state index in [1.807, 2.05) is 0 Å². The summed E-state index contributed by atoms with van der Waals surface area (Å²) < 4.78 is 31.8. The first-order valence-corrected chi connectivity index (χ1v) is 6.16. The second kappa shape index (κ2) is 5.77. The topological polar surface area (TPSA) is 83.1 Å². The van der Waals surface area contributed by atoms with Gasteiger partial charge in [0.2, 0.25) is 5.88 Å². The van der Waals surface area contributed by atoms with Crippen molar-refractivity contribution in [3.05, 3.63) is 52.3 Å². The molecule has 5 nitrogen and oxygen atoms in total. The number of nitriles is 1. The molecule has 0 saturated heterocycles. The number of amides is 1. The second-order valence-corrected chi connectivity index (χ2v) is 4.48. The van der Waals surface area contributed by atoms with E-state index in [1.54, 1.807) is 6.07 Å². The number of nitrogens with one attached hydrogen (secondary N) is 1. The molecule has 1 aromatic carbocycles. The number of ketones is 1. The molecular weight excluding hydrogens is 294 g/mol. The largest absolute Gasteiger partial charge is 0.443 e. The van der Waals surface area contributed by atoms with Gasteiger partial charge in [-0.1, -0.05) is 0 Å². The maximum Gasteiger partial charge on any atom is 0.261 e. The lowest BCUT2D eigenvalue weighted by atomic mass is 10.1. The molecule has 22 heavy (non-hydrogen) atoms. The van der Waals surface area contributed by atoms with Crippen LogP contribution in [-0.2, 0) is 0 Å². The first-order chi connectivity index (χ1) is 10.3. The van der Waals surface area contributed by atoms with Gasteiger partial charge in [-0.2, -0.15) is 5.26 Å². The molecule has 0 aliphatic rings. The molecule has 0 aliphatic heterocycles. The minimum atomic E-state index is -0.989. The van der Waals surface area contributed by atoms with Crippen LogP contribution in [0.2, 0.25) is 0 Å². The Bertz CT molecular complexity index is 819. The van der Waals surface area contributed by atoms with E-state index in [2.05, 4.69) is 5.32 Å². The molecule has 0 radical (unpaired) electrons. The summed E-state index contributed by atoms with van der Waals surface area (Å²) in [5.74, 6) is -3.23. The van der Waals surface area contributed by atoms with Crippen molar-refractivity contribution in [2.75, 3.05) is 5.32 Å². The molecule has 0 fully saturated rings. The highest BCUT2D eigenvalue weighted by Gasteiger charge is 2.23. The molecule has 1 heterocycles. The van der Waals surface area contributed by atoms with Gasteiger partial charge in [-0.25, -0.2) is 8.78 Å². The Balaban J connectivity index is 2.41. The van der Waals surface area contributed by atoms with E-state index in [9.17, 15) is 18.4 Å². The fourth-order valence-electron chi connectivity index (χ4n) is 2.01. The van der Waals surface area contributed by atoms with Crippen molar-refractivity contribution >= 4 is 17.6 Å². The molecule has 1 aromatic heterocycles. The summed E-state index contributed by atoms with van der Waals surface area (Å²) in [5, 5.41) is 11.3. The second-order valence-electron chi connectivity index (χ2n) is 4.48. The van der Waals surface area contributed by atoms with Gasteiger partial charge in [0.05, 0.1) is 11.1 Å². The molecule has 2 aromatic rings. The number of anilines is 1.